The van der Waals surface area contributed by atoms with Gasteiger partial charge in [-0.05, 0) is 6.07 Å². The van der Waals surface area contributed by atoms with Gasteiger partial charge in [-0.15, -0.1) is 0 Å². The van der Waals surface area contributed by atoms with Gasteiger partial charge in [-0.25, -0.2) is 0 Å². The molecular weight excluding hydrogens is 152 g/mol. The summed E-state index contributed by atoms with van der Waals surface area (Å²) in [4.78, 5) is 10.6. The van der Waals surface area contributed by atoms with E-state index in [1.165, 1.54) is 6.20 Å². The summed E-state index contributed by atoms with van der Waals surface area (Å²) in [6.45, 7) is 0. The van der Waals surface area contributed by atoms with Crippen LogP contribution in [0.2, 0.25) is 0 Å². The van der Waals surface area contributed by atoms with E-state index in [4.69, 9.17) is 0 Å². The van der Waals surface area contributed by atoms with Crippen LogP contribution < -0.4 is 0 Å². The number of nitrogens with zero attached hydrogens (tertiary/aromatic N) is 2. The van der Waals surface area contributed by atoms with Gasteiger partial charge in [0.2, 0.25) is 0 Å². The number of benzene rings is 1. The molecule has 0 fully saturated rings. The Morgan fingerprint density at radius 3 is 2.92 bits per heavy atom. The summed E-state index contributed by atoms with van der Waals surface area (Å²) in [7, 11) is 0. The first kappa shape index (κ1) is 6.91. The van der Waals surface area contributed by atoms with Crippen molar-refractivity contribution >= 4 is 17.2 Å². The van der Waals surface area contributed by atoms with Gasteiger partial charge in [-0.2, -0.15) is 10.2 Å². The summed E-state index contributed by atoms with van der Waals surface area (Å²) in [5.41, 5.74) is 1.34. The fourth-order valence-electron chi connectivity index (χ4n) is 1.12. The summed E-state index contributed by atoms with van der Waals surface area (Å²) in [6.07, 6.45) is 2.26. The van der Waals surface area contributed by atoms with Crippen LogP contribution in [0, 0.1) is 0 Å². The molecule has 1 aromatic heterocycles. The standard InChI is InChI=1S/C9H6N2O/c12-6-7-5-10-11-9-4-2-1-3-8(7)9/h1-6H. The number of hydrogen-bond donors (Lipinski definition) is 0. The van der Waals surface area contributed by atoms with Crippen molar-refractivity contribution in [3.8, 4) is 0 Å². The molecule has 58 valence electrons. The summed E-state index contributed by atoms with van der Waals surface area (Å²) in [6, 6.07) is 7.42. The Morgan fingerprint density at radius 1 is 1.25 bits per heavy atom. The average molecular weight is 158 g/mol. The SMILES string of the molecule is O=Cc1cnnc2ccccc12. The number of aldehydes is 1. The lowest BCUT2D eigenvalue weighted by molar-refractivity contribution is 0.112. The molecule has 0 aliphatic heterocycles. The fourth-order valence-corrected chi connectivity index (χ4v) is 1.12. The highest BCUT2D eigenvalue weighted by molar-refractivity contribution is 5.95. The maximum absolute atomic E-state index is 10.6. The predicted octanol–water partition coefficient (Wildman–Crippen LogP) is 1.44. The van der Waals surface area contributed by atoms with E-state index in [9.17, 15) is 4.79 Å². The molecule has 0 spiro atoms. The van der Waals surface area contributed by atoms with Gasteiger partial charge in [0.05, 0.1) is 11.7 Å². The first-order valence-corrected chi connectivity index (χ1v) is 3.57. The molecule has 2 aromatic rings. The van der Waals surface area contributed by atoms with Gasteiger partial charge in [-0.1, -0.05) is 18.2 Å². The molecular formula is C9H6N2O. The maximum atomic E-state index is 10.6. The van der Waals surface area contributed by atoms with Gasteiger partial charge in [-0.3, -0.25) is 4.79 Å². The molecule has 12 heavy (non-hydrogen) atoms. The zero-order chi connectivity index (χ0) is 8.39. The minimum atomic E-state index is 0.584. The number of aromatic nitrogens is 2. The van der Waals surface area contributed by atoms with Crippen molar-refractivity contribution in [3.63, 3.8) is 0 Å². The van der Waals surface area contributed by atoms with Crippen molar-refractivity contribution in [2.45, 2.75) is 0 Å². The molecule has 0 aliphatic carbocycles. The van der Waals surface area contributed by atoms with Crippen LogP contribution in [0.4, 0.5) is 0 Å². The smallest absolute Gasteiger partial charge is 0.152 e. The van der Waals surface area contributed by atoms with Gasteiger partial charge in [0, 0.05) is 10.9 Å². The Morgan fingerprint density at radius 2 is 2.08 bits per heavy atom. The van der Waals surface area contributed by atoms with E-state index in [0.717, 1.165) is 17.2 Å². The van der Waals surface area contributed by atoms with Crippen molar-refractivity contribution in [2.24, 2.45) is 0 Å². The van der Waals surface area contributed by atoms with Gasteiger partial charge in [0.15, 0.2) is 6.29 Å². The molecule has 0 bridgehead atoms. The molecule has 0 aliphatic rings. The lowest BCUT2D eigenvalue weighted by atomic mass is 10.1. The second-order valence-electron chi connectivity index (χ2n) is 2.43. The van der Waals surface area contributed by atoms with Crippen molar-refractivity contribution < 1.29 is 4.79 Å². The van der Waals surface area contributed by atoms with Crippen LogP contribution in [0.25, 0.3) is 10.9 Å². The van der Waals surface area contributed by atoms with Gasteiger partial charge in [0.1, 0.15) is 0 Å². The normalized spacial score (nSPS) is 10.0. The van der Waals surface area contributed by atoms with E-state index < -0.39 is 0 Å². The number of carbonyl (C=O) groups is 1. The molecule has 0 unspecified atom stereocenters. The quantitative estimate of drug-likeness (QED) is 0.590. The molecule has 0 amide bonds. The minimum Gasteiger partial charge on any atom is -0.298 e. The van der Waals surface area contributed by atoms with Crippen LogP contribution in [0.15, 0.2) is 30.5 Å². The van der Waals surface area contributed by atoms with Gasteiger partial charge in [0.25, 0.3) is 0 Å². The first-order chi connectivity index (χ1) is 5.92. The molecule has 0 saturated carbocycles. The minimum absolute atomic E-state index is 0.584. The second-order valence-corrected chi connectivity index (χ2v) is 2.43. The maximum Gasteiger partial charge on any atom is 0.152 e. The molecule has 3 nitrogen and oxygen atoms in total. The highest BCUT2D eigenvalue weighted by Gasteiger charge is 1.98. The molecule has 0 saturated heterocycles. The highest BCUT2D eigenvalue weighted by Crippen LogP contribution is 2.12. The number of carbonyl (C=O) groups excluding carboxylic acids is 1. The molecule has 0 atom stereocenters. The largest absolute Gasteiger partial charge is 0.298 e. The van der Waals surface area contributed by atoms with Crippen molar-refractivity contribution in [2.75, 3.05) is 0 Å². The summed E-state index contributed by atoms with van der Waals surface area (Å²) < 4.78 is 0. The Hall–Kier alpha value is -1.77. The highest BCUT2D eigenvalue weighted by atomic mass is 16.1. The van der Waals surface area contributed by atoms with Crippen LogP contribution in [0.3, 0.4) is 0 Å². The lowest BCUT2D eigenvalue weighted by Crippen LogP contribution is -1.88. The summed E-state index contributed by atoms with van der Waals surface area (Å²) >= 11 is 0. The second kappa shape index (κ2) is 2.70. The molecule has 0 radical (unpaired) electrons. The van der Waals surface area contributed by atoms with E-state index in [1.807, 2.05) is 24.3 Å². The number of fused-ring (bicyclic) bond motifs is 1. The third kappa shape index (κ3) is 0.955. The molecule has 3 heteroatoms. The van der Waals surface area contributed by atoms with E-state index in [-0.39, 0.29) is 0 Å². The lowest BCUT2D eigenvalue weighted by Gasteiger charge is -1.95. The topological polar surface area (TPSA) is 42.9 Å². The van der Waals surface area contributed by atoms with Crippen LogP contribution >= 0.6 is 0 Å². The van der Waals surface area contributed by atoms with E-state index in [0.29, 0.717) is 5.56 Å². The van der Waals surface area contributed by atoms with Gasteiger partial charge < -0.3 is 0 Å². The predicted molar refractivity (Wildman–Crippen MR) is 44.9 cm³/mol. The van der Waals surface area contributed by atoms with Crippen LogP contribution in [0.5, 0.6) is 0 Å². The van der Waals surface area contributed by atoms with Crippen LogP contribution in [0.1, 0.15) is 10.4 Å². The zero-order valence-corrected chi connectivity index (χ0v) is 6.27. The van der Waals surface area contributed by atoms with Crippen molar-refractivity contribution in [3.05, 3.63) is 36.0 Å². The third-order valence-electron chi connectivity index (χ3n) is 1.70. The molecule has 2 rings (SSSR count). The third-order valence-corrected chi connectivity index (χ3v) is 1.70. The Kier molecular flexibility index (Phi) is 1.55. The Bertz CT molecular complexity index is 420. The Labute approximate surface area is 69.0 Å². The number of rotatable bonds is 1. The van der Waals surface area contributed by atoms with E-state index in [1.54, 1.807) is 0 Å². The van der Waals surface area contributed by atoms with Crippen LogP contribution in [-0.2, 0) is 0 Å². The molecule has 1 aromatic carbocycles. The van der Waals surface area contributed by atoms with Crippen molar-refractivity contribution in [1.29, 1.82) is 0 Å². The van der Waals surface area contributed by atoms with Gasteiger partial charge >= 0.3 is 0 Å². The summed E-state index contributed by atoms with van der Waals surface area (Å²) in [5, 5.41) is 8.43. The fraction of sp³-hybridized carbons (Fsp3) is 0. The molecule has 0 N–H and O–H groups in total. The Balaban J connectivity index is 2.88. The number of hydrogen-bond acceptors (Lipinski definition) is 3. The first-order valence-electron chi connectivity index (χ1n) is 3.57. The van der Waals surface area contributed by atoms with Crippen molar-refractivity contribution in [1.82, 2.24) is 10.2 Å². The zero-order valence-electron chi connectivity index (χ0n) is 6.27. The van der Waals surface area contributed by atoms with Crippen LogP contribution in [-0.4, -0.2) is 16.5 Å². The monoisotopic (exact) mass is 158 g/mol. The van der Waals surface area contributed by atoms with E-state index in [2.05, 4.69) is 10.2 Å². The molecule has 1 heterocycles. The van der Waals surface area contributed by atoms with E-state index >= 15 is 0 Å². The summed E-state index contributed by atoms with van der Waals surface area (Å²) in [5.74, 6) is 0. The average Bonchev–Trinajstić information content (AvgIpc) is 2.17.